The van der Waals surface area contributed by atoms with E-state index in [2.05, 4.69) is 25.5 Å². The van der Waals surface area contributed by atoms with Crippen LogP contribution >= 0.6 is 0 Å². The van der Waals surface area contributed by atoms with Gasteiger partial charge in [-0.15, -0.1) is 0 Å². The zero-order chi connectivity index (χ0) is 18.5. The number of hydrogen-bond donors (Lipinski definition) is 4. The molecule has 0 spiro atoms. The van der Waals surface area contributed by atoms with Gasteiger partial charge in [0.1, 0.15) is 23.6 Å². The predicted molar refractivity (Wildman–Crippen MR) is 97.0 cm³/mol. The van der Waals surface area contributed by atoms with Crippen LogP contribution in [0.25, 0.3) is 0 Å². The van der Waals surface area contributed by atoms with E-state index in [1.54, 1.807) is 25.2 Å². The van der Waals surface area contributed by atoms with Crippen molar-refractivity contribution >= 4 is 11.7 Å². The third-order valence-electron chi connectivity index (χ3n) is 4.40. The molecule has 8 heteroatoms. The van der Waals surface area contributed by atoms with Gasteiger partial charge in [-0.05, 0) is 29.7 Å². The number of aliphatic hydroxyl groups is 1. The van der Waals surface area contributed by atoms with Crippen molar-refractivity contribution in [3.05, 3.63) is 47.4 Å². The van der Waals surface area contributed by atoms with Crippen LogP contribution in [-0.2, 0) is 13.0 Å². The number of phenols is 1. The van der Waals surface area contributed by atoms with E-state index < -0.39 is 6.10 Å². The molecule has 138 valence electrons. The summed E-state index contributed by atoms with van der Waals surface area (Å²) < 4.78 is 0. The molecule has 1 aliphatic rings. The van der Waals surface area contributed by atoms with Gasteiger partial charge >= 0.3 is 0 Å². The Labute approximate surface area is 151 Å². The Bertz CT molecular complexity index is 783. The highest BCUT2D eigenvalue weighted by molar-refractivity contribution is 5.92. The molecule has 3 rings (SSSR count). The van der Waals surface area contributed by atoms with Crippen LogP contribution in [0.15, 0.2) is 30.6 Å². The number of fused-ring (bicyclic) bond motifs is 1. The Kier molecular flexibility index (Phi) is 5.65. The van der Waals surface area contributed by atoms with Gasteiger partial charge in [0.25, 0.3) is 5.91 Å². The minimum atomic E-state index is -0.678. The van der Waals surface area contributed by atoms with Crippen molar-refractivity contribution in [3.8, 4) is 5.75 Å². The quantitative estimate of drug-likeness (QED) is 0.591. The summed E-state index contributed by atoms with van der Waals surface area (Å²) in [6.07, 6.45) is 1.47. The number of amides is 1. The van der Waals surface area contributed by atoms with Crippen LogP contribution in [0.5, 0.6) is 5.75 Å². The Hall–Kier alpha value is -2.71. The lowest BCUT2D eigenvalue weighted by molar-refractivity contribution is 0.0838. The Morgan fingerprint density at radius 2 is 2.15 bits per heavy atom. The summed E-state index contributed by atoms with van der Waals surface area (Å²) in [4.78, 5) is 22.2. The van der Waals surface area contributed by atoms with Crippen LogP contribution in [0.2, 0.25) is 0 Å². The second-order valence-corrected chi connectivity index (χ2v) is 6.34. The lowest BCUT2D eigenvalue weighted by Crippen LogP contribution is -2.42. The molecule has 0 bridgehead atoms. The summed E-state index contributed by atoms with van der Waals surface area (Å²) in [7, 11) is 1.71. The molecule has 0 aliphatic carbocycles. The minimum absolute atomic E-state index is 0.149. The number of aromatic nitrogens is 2. The van der Waals surface area contributed by atoms with Crippen molar-refractivity contribution in [2.75, 3.05) is 32.0 Å². The third-order valence-corrected chi connectivity index (χ3v) is 4.40. The average Bonchev–Trinajstić information content (AvgIpc) is 2.66. The summed E-state index contributed by atoms with van der Waals surface area (Å²) in [5.41, 5.74) is 2.56. The first-order valence-corrected chi connectivity index (χ1v) is 8.54. The van der Waals surface area contributed by atoms with Gasteiger partial charge in [0, 0.05) is 39.3 Å². The summed E-state index contributed by atoms with van der Waals surface area (Å²) >= 11 is 0. The summed E-state index contributed by atoms with van der Waals surface area (Å²) in [5, 5.41) is 25.3. The highest BCUT2D eigenvalue weighted by atomic mass is 16.3. The number of benzene rings is 1. The zero-order valence-corrected chi connectivity index (χ0v) is 14.6. The Morgan fingerprint density at radius 3 is 2.96 bits per heavy atom. The van der Waals surface area contributed by atoms with Gasteiger partial charge in [-0.25, -0.2) is 9.97 Å². The van der Waals surface area contributed by atoms with Gasteiger partial charge in [-0.1, -0.05) is 6.07 Å². The molecule has 4 N–H and O–H groups in total. The number of aromatic hydroxyl groups is 1. The molecule has 1 aromatic carbocycles. The van der Waals surface area contributed by atoms with E-state index in [-0.39, 0.29) is 23.9 Å². The van der Waals surface area contributed by atoms with E-state index in [9.17, 15) is 15.0 Å². The van der Waals surface area contributed by atoms with E-state index in [1.165, 1.54) is 6.33 Å². The molecular weight excluding hydrogens is 334 g/mol. The Morgan fingerprint density at radius 1 is 1.31 bits per heavy atom. The lowest BCUT2D eigenvalue weighted by Gasteiger charge is -2.30. The molecule has 26 heavy (non-hydrogen) atoms. The number of rotatable bonds is 6. The molecule has 0 saturated carbocycles. The zero-order valence-electron chi connectivity index (χ0n) is 14.6. The molecule has 2 aromatic rings. The summed E-state index contributed by atoms with van der Waals surface area (Å²) in [6.45, 7) is 2.14. The first-order chi connectivity index (χ1) is 12.5. The molecule has 0 saturated heterocycles. The minimum Gasteiger partial charge on any atom is -0.508 e. The molecule has 2 heterocycles. The van der Waals surface area contributed by atoms with Crippen LogP contribution in [0.4, 0.5) is 5.82 Å². The van der Waals surface area contributed by atoms with Gasteiger partial charge in [0.15, 0.2) is 0 Å². The van der Waals surface area contributed by atoms with Crippen LogP contribution < -0.4 is 10.6 Å². The topological polar surface area (TPSA) is 111 Å². The number of phenolic OH excluding ortho intramolecular Hbond substituents is 1. The van der Waals surface area contributed by atoms with Crippen LogP contribution in [-0.4, -0.2) is 63.8 Å². The molecular formula is C18H23N5O3. The number of anilines is 1. The predicted octanol–water partition coefficient (Wildman–Crippen LogP) is 0.373. The van der Waals surface area contributed by atoms with Crippen molar-refractivity contribution < 1.29 is 15.0 Å². The molecule has 1 aliphatic heterocycles. The molecule has 0 unspecified atom stereocenters. The number of nitrogens with zero attached hydrogens (tertiary/aromatic N) is 3. The lowest BCUT2D eigenvalue weighted by atomic mass is 9.99. The van der Waals surface area contributed by atoms with Gasteiger partial charge in [0.2, 0.25) is 0 Å². The van der Waals surface area contributed by atoms with E-state index in [4.69, 9.17) is 0 Å². The van der Waals surface area contributed by atoms with Crippen LogP contribution in [0.3, 0.4) is 0 Å². The number of β-amino-alcohol motifs (C(OH)–C–C–N with tert-alkyl or cyclic N) is 1. The van der Waals surface area contributed by atoms with Gasteiger partial charge in [0.05, 0.1) is 6.10 Å². The average molecular weight is 357 g/mol. The van der Waals surface area contributed by atoms with Crippen LogP contribution in [0.1, 0.15) is 21.6 Å². The van der Waals surface area contributed by atoms with Gasteiger partial charge in [-0.2, -0.15) is 0 Å². The fourth-order valence-electron chi connectivity index (χ4n) is 3.04. The second-order valence-electron chi connectivity index (χ2n) is 6.34. The summed E-state index contributed by atoms with van der Waals surface area (Å²) in [6, 6.07) is 6.95. The van der Waals surface area contributed by atoms with Crippen molar-refractivity contribution in [2.24, 2.45) is 0 Å². The highest BCUT2D eigenvalue weighted by Crippen LogP contribution is 2.23. The maximum absolute atomic E-state index is 12.1. The molecule has 0 fully saturated rings. The fraction of sp³-hybridized carbons (Fsp3) is 0.389. The number of aliphatic hydroxyl groups excluding tert-OH is 1. The van der Waals surface area contributed by atoms with E-state index in [1.807, 2.05) is 6.07 Å². The first kappa shape index (κ1) is 18.1. The molecule has 8 nitrogen and oxygen atoms in total. The van der Waals surface area contributed by atoms with E-state index in [0.717, 1.165) is 30.6 Å². The van der Waals surface area contributed by atoms with Crippen molar-refractivity contribution in [1.29, 1.82) is 0 Å². The second kappa shape index (κ2) is 8.11. The SMILES string of the molecule is CNc1cc(C(=O)NC[C@H](O)CN2CCc3cc(O)ccc3C2)ncn1. The van der Waals surface area contributed by atoms with Gasteiger partial charge < -0.3 is 20.8 Å². The Balaban J connectivity index is 1.49. The molecule has 1 aromatic heterocycles. The standard InChI is InChI=1S/C18H23N5O3/c1-19-17-7-16(21-11-22-17)18(26)20-8-15(25)10-23-5-4-12-6-14(24)3-2-13(12)9-23/h2-3,6-7,11,15,24-25H,4-5,8-10H2,1H3,(H,20,26)(H,19,21,22)/t15-/m0/s1. The first-order valence-electron chi connectivity index (χ1n) is 8.54. The van der Waals surface area contributed by atoms with Crippen molar-refractivity contribution in [3.63, 3.8) is 0 Å². The summed E-state index contributed by atoms with van der Waals surface area (Å²) in [5.74, 6) is 0.497. The molecule has 0 radical (unpaired) electrons. The maximum atomic E-state index is 12.1. The number of hydrogen-bond acceptors (Lipinski definition) is 7. The van der Waals surface area contributed by atoms with E-state index >= 15 is 0 Å². The molecule has 1 atom stereocenters. The van der Waals surface area contributed by atoms with Crippen molar-refractivity contribution in [2.45, 2.75) is 19.1 Å². The van der Waals surface area contributed by atoms with Crippen LogP contribution in [0, 0.1) is 0 Å². The monoisotopic (exact) mass is 357 g/mol. The smallest absolute Gasteiger partial charge is 0.270 e. The van der Waals surface area contributed by atoms with Crippen molar-refractivity contribution in [1.82, 2.24) is 20.2 Å². The largest absolute Gasteiger partial charge is 0.508 e. The number of carbonyl (C=O) groups excluding carboxylic acids is 1. The number of nitrogens with one attached hydrogen (secondary N) is 2. The normalized spacial score (nSPS) is 15.2. The van der Waals surface area contributed by atoms with Gasteiger partial charge in [-0.3, -0.25) is 9.69 Å². The maximum Gasteiger partial charge on any atom is 0.270 e. The third kappa shape index (κ3) is 4.47. The molecule has 1 amide bonds. The number of carbonyl (C=O) groups is 1. The highest BCUT2D eigenvalue weighted by Gasteiger charge is 2.19. The van der Waals surface area contributed by atoms with E-state index in [0.29, 0.717) is 12.4 Å². The fourth-order valence-corrected chi connectivity index (χ4v) is 3.04.